The Labute approximate surface area is 373 Å². The van der Waals surface area contributed by atoms with Gasteiger partial charge in [-0.2, -0.15) is 10.2 Å². The fourth-order valence-corrected chi connectivity index (χ4v) is 10.1. The Kier molecular flexibility index (Phi) is 10.1. The predicted molar refractivity (Wildman–Crippen MR) is 263 cm³/mol. The van der Waals surface area contributed by atoms with Gasteiger partial charge in [-0.15, -0.1) is 0 Å². The quantitative estimate of drug-likeness (QED) is 0.107. The van der Waals surface area contributed by atoms with Gasteiger partial charge in [-0.1, -0.05) is 203 Å². The Hall–Kier alpha value is -7.69. The summed E-state index contributed by atoms with van der Waals surface area (Å²) in [5.74, 6) is -0.216. The Balaban J connectivity index is 1.27. The van der Waals surface area contributed by atoms with Crippen LogP contribution in [0.5, 0.6) is 0 Å². The first-order valence-corrected chi connectivity index (χ1v) is 22.3. The summed E-state index contributed by atoms with van der Waals surface area (Å²) in [6.45, 7) is 5.04. The van der Waals surface area contributed by atoms with Gasteiger partial charge in [0, 0.05) is 29.7 Å². The molecular weight excluding hydrogens is 782 g/mol. The van der Waals surface area contributed by atoms with Crippen LogP contribution in [-0.4, -0.2) is 27.0 Å². The Morgan fingerprint density at radius 2 is 0.938 bits per heavy atom. The number of fused-ring (bicyclic) bond motifs is 4. The van der Waals surface area contributed by atoms with E-state index in [1.54, 1.807) is 12.1 Å². The number of nitrogens with zero attached hydrogens (tertiary/aromatic N) is 3. The Morgan fingerprint density at radius 3 is 1.45 bits per heavy atom. The molecular formula is C60H46FN3. The first-order chi connectivity index (χ1) is 31.5. The minimum atomic E-state index is -0.216. The van der Waals surface area contributed by atoms with E-state index in [2.05, 4.69) is 188 Å². The number of hydrogen-bond acceptors (Lipinski definition) is 2. The molecule has 0 aliphatic carbocycles. The van der Waals surface area contributed by atoms with Crippen LogP contribution in [0.2, 0.25) is 0 Å². The highest BCUT2D eigenvalue weighted by molar-refractivity contribution is 6.27. The van der Waals surface area contributed by atoms with Gasteiger partial charge in [-0.3, -0.25) is 0 Å². The molecule has 0 radical (unpaired) electrons. The summed E-state index contributed by atoms with van der Waals surface area (Å²) >= 11 is 0. The molecule has 10 aromatic rings. The molecule has 0 amide bonds. The maximum absolute atomic E-state index is 14.1. The number of halogens is 1. The lowest BCUT2D eigenvalue weighted by molar-refractivity contribution is -0.443. The van der Waals surface area contributed by atoms with Crippen LogP contribution in [0.25, 0.3) is 77.2 Å². The third-order valence-corrected chi connectivity index (χ3v) is 13.1. The number of aromatic nitrogens is 2. The molecule has 64 heavy (non-hydrogen) atoms. The molecule has 308 valence electrons. The summed E-state index contributed by atoms with van der Waals surface area (Å²) in [6, 6.07) is 68.7. The molecule has 0 bridgehead atoms. The lowest BCUT2D eigenvalue weighted by Gasteiger charge is -2.24. The molecule has 0 saturated heterocycles. The van der Waals surface area contributed by atoms with Gasteiger partial charge >= 0.3 is 0 Å². The molecule has 0 saturated carbocycles. The molecule has 11 rings (SSSR count). The van der Waals surface area contributed by atoms with Crippen molar-refractivity contribution in [2.45, 2.75) is 33.1 Å². The molecule has 0 unspecified atom stereocenters. The Morgan fingerprint density at radius 1 is 0.484 bits per heavy atom. The largest absolute Gasteiger partial charge is 0.216 e. The van der Waals surface area contributed by atoms with Gasteiger partial charge in [-0.05, 0) is 94.1 Å². The van der Waals surface area contributed by atoms with Gasteiger partial charge in [0.2, 0.25) is 0 Å². The third kappa shape index (κ3) is 7.02. The zero-order valence-corrected chi connectivity index (χ0v) is 36.0. The van der Waals surface area contributed by atoms with Crippen molar-refractivity contribution in [3.63, 3.8) is 0 Å². The lowest BCUT2D eigenvalue weighted by atomic mass is 9.89. The average Bonchev–Trinajstić information content (AvgIpc) is 3.66. The average molecular weight is 828 g/mol. The zero-order chi connectivity index (χ0) is 43.1. The first-order valence-electron chi connectivity index (χ1n) is 22.3. The van der Waals surface area contributed by atoms with Gasteiger partial charge in [-0.25, -0.2) is 8.97 Å². The summed E-state index contributed by atoms with van der Waals surface area (Å²) in [6.07, 6.45) is 2.46. The second-order valence-electron chi connectivity index (χ2n) is 17.0. The van der Waals surface area contributed by atoms with E-state index >= 15 is 0 Å². The van der Waals surface area contributed by atoms with Crippen LogP contribution < -0.4 is 0 Å². The summed E-state index contributed by atoms with van der Waals surface area (Å²) in [4.78, 5) is 0. The van der Waals surface area contributed by atoms with E-state index in [1.807, 2.05) is 12.1 Å². The summed E-state index contributed by atoms with van der Waals surface area (Å²) in [5, 5.41) is 14.6. The normalized spacial score (nSPS) is 12.5. The van der Waals surface area contributed by atoms with Crippen LogP contribution in [-0.2, 0) is 12.8 Å². The van der Waals surface area contributed by atoms with Gasteiger partial charge in [0.25, 0.3) is 0 Å². The molecule has 1 aliphatic heterocycles. The van der Waals surface area contributed by atoms with Crippen molar-refractivity contribution in [2.24, 2.45) is 0 Å². The minimum Gasteiger partial charge on any atom is -0.216 e. The number of rotatable bonds is 9. The van der Waals surface area contributed by atoms with Crippen molar-refractivity contribution in [2.75, 3.05) is 6.54 Å². The van der Waals surface area contributed by atoms with Crippen molar-refractivity contribution in [1.29, 1.82) is 0 Å². The van der Waals surface area contributed by atoms with Crippen molar-refractivity contribution >= 4 is 32.9 Å². The molecule has 0 N–H and O–H groups in total. The minimum absolute atomic E-state index is 0.216. The molecule has 1 aromatic heterocycles. The van der Waals surface area contributed by atoms with Crippen molar-refractivity contribution in [3.8, 4) is 55.6 Å². The van der Waals surface area contributed by atoms with Crippen LogP contribution in [0.3, 0.4) is 0 Å². The molecule has 0 atom stereocenters. The first kappa shape index (κ1) is 39.2. The van der Waals surface area contributed by atoms with Crippen LogP contribution in [0.4, 0.5) is 10.1 Å². The Bertz CT molecular complexity index is 3230. The number of benzene rings is 8. The van der Waals surface area contributed by atoms with Crippen molar-refractivity contribution in [1.82, 2.24) is 10.2 Å². The molecule has 4 heteroatoms. The summed E-state index contributed by atoms with van der Waals surface area (Å²) < 4.78 is 16.6. The van der Waals surface area contributed by atoms with E-state index in [0.29, 0.717) is 0 Å². The topological polar surface area (TPSA) is 28.8 Å². The fraction of sp³-hybridized carbons (Fsp3) is 0.100. The molecule has 0 fully saturated rings. The van der Waals surface area contributed by atoms with Gasteiger partial charge in [0.05, 0.1) is 0 Å². The SMILES string of the molecule is Cc1nnc(C)c([N+]2=C(CCc3ccc(F)cc3)c3ccccc3CC2)c1-[c-]1c2cc(-c3ccccc3)c(-c3ccccc3)cc2c2cc(-c3ccccc3)c(-c3ccccc3)cc21. The van der Waals surface area contributed by atoms with E-state index in [4.69, 9.17) is 10.2 Å². The van der Waals surface area contributed by atoms with Crippen LogP contribution in [0, 0.1) is 19.7 Å². The highest BCUT2D eigenvalue weighted by atomic mass is 19.1. The maximum atomic E-state index is 14.1. The van der Waals surface area contributed by atoms with Gasteiger partial charge in [0.1, 0.15) is 18.1 Å². The second kappa shape index (κ2) is 16.5. The highest BCUT2D eigenvalue weighted by Crippen LogP contribution is 2.51. The van der Waals surface area contributed by atoms with Gasteiger partial charge in [0.15, 0.2) is 11.4 Å². The number of hydrogen-bond donors (Lipinski definition) is 0. The smallest absolute Gasteiger partial charge is 0.193 e. The highest BCUT2D eigenvalue weighted by Gasteiger charge is 2.31. The zero-order valence-electron chi connectivity index (χ0n) is 36.0. The molecule has 1 aliphatic rings. The van der Waals surface area contributed by atoms with Crippen LogP contribution in [0.1, 0.15) is 34.5 Å². The lowest BCUT2D eigenvalue weighted by Crippen LogP contribution is -2.29. The van der Waals surface area contributed by atoms with E-state index in [0.717, 1.165) is 54.0 Å². The van der Waals surface area contributed by atoms with E-state index in [9.17, 15) is 4.39 Å². The van der Waals surface area contributed by atoms with Crippen LogP contribution >= 0.6 is 0 Å². The molecule has 3 nitrogen and oxygen atoms in total. The fourth-order valence-electron chi connectivity index (χ4n) is 10.1. The third-order valence-electron chi connectivity index (χ3n) is 13.1. The van der Waals surface area contributed by atoms with Gasteiger partial charge < -0.3 is 0 Å². The molecule has 2 heterocycles. The van der Waals surface area contributed by atoms with Crippen LogP contribution in [0.15, 0.2) is 194 Å². The summed E-state index contributed by atoms with van der Waals surface area (Å²) in [7, 11) is 0. The predicted octanol–water partition coefficient (Wildman–Crippen LogP) is 14.9. The van der Waals surface area contributed by atoms with Crippen molar-refractivity contribution in [3.05, 3.63) is 228 Å². The van der Waals surface area contributed by atoms with Crippen molar-refractivity contribution < 1.29 is 8.97 Å². The maximum Gasteiger partial charge on any atom is 0.193 e. The van der Waals surface area contributed by atoms with E-state index in [-0.39, 0.29) is 5.82 Å². The van der Waals surface area contributed by atoms with E-state index < -0.39 is 0 Å². The van der Waals surface area contributed by atoms with E-state index in [1.165, 1.54) is 88.5 Å². The summed E-state index contributed by atoms with van der Waals surface area (Å²) in [5.41, 5.74) is 19.5. The standard InChI is InChI=1S/C60H46FN3/c1-39-58(60(40(2)63-62-39)64-34-33-46-25-15-16-26-48(46)57(64)32-29-41-27-30-47(61)31-28-41)59-55-37-51(44-21-11-5-12-22-44)49(42-17-7-3-8-18-42)35-53(55)54-36-50(43-19-9-4-10-20-43)52(38-56(54)59)45-23-13-6-14-24-45/h3-28,30-31,35-38H,29,32-34H2,1-2H3. The molecule has 0 spiro atoms. The second-order valence-corrected chi connectivity index (χ2v) is 17.0. The monoisotopic (exact) mass is 827 g/mol. The number of aryl methyl sites for hydroxylation is 3. The molecule has 9 aromatic carbocycles.